The van der Waals surface area contributed by atoms with E-state index in [-0.39, 0.29) is 18.7 Å². The Morgan fingerprint density at radius 3 is 1.87 bits per heavy atom. The first-order chi connectivity index (χ1) is 13.7. The van der Waals surface area contributed by atoms with Crippen molar-refractivity contribution >= 4 is 17.7 Å². The van der Waals surface area contributed by atoms with Crippen molar-refractivity contribution in [2.75, 3.05) is 0 Å². The number of aliphatic hydroxyl groups excluding tert-OH is 2. The molecule has 1 aliphatic heterocycles. The largest absolute Gasteiger partial charge is 0.390 e. The molecule has 1 heterocycles. The minimum Gasteiger partial charge on any atom is -0.390 e. The average Bonchev–Trinajstić information content (AvgIpc) is 2.62. The zero-order valence-corrected chi connectivity index (χ0v) is 18.8. The van der Waals surface area contributed by atoms with Crippen LogP contribution in [0.25, 0.3) is 0 Å². The van der Waals surface area contributed by atoms with Gasteiger partial charge in [-0.3, -0.25) is 30.7 Å². The monoisotopic (exact) mass is 430 g/mol. The molecule has 0 spiro atoms. The molecule has 0 aromatic carbocycles. The number of nitrogens with two attached hydrogens (primary N) is 1. The van der Waals surface area contributed by atoms with Gasteiger partial charge in [0.15, 0.2) is 0 Å². The van der Waals surface area contributed by atoms with E-state index in [4.69, 9.17) is 10.6 Å². The second-order valence-corrected chi connectivity index (χ2v) is 10.0. The number of amides is 3. The van der Waals surface area contributed by atoms with Crippen molar-refractivity contribution in [3.63, 3.8) is 0 Å². The van der Waals surface area contributed by atoms with Crippen LogP contribution in [0.4, 0.5) is 0 Å². The van der Waals surface area contributed by atoms with Gasteiger partial charge in [0.25, 0.3) is 5.91 Å². The van der Waals surface area contributed by atoms with E-state index in [9.17, 15) is 24.6 Å². The Bertz CT molecular complexity index is 613. The summed E-state index contributed by atoms with van der Waals surface area (Å²) >= 11 is 0. The zero-order valence-electron chi connectivity index (χ0n) is 18.8. The molecule has 2 unspecified atom stereocenters. The van der Waals surface area contributed by atoms with E-state index >= 15 is 0 Å². The van der Waals surface area contributed by atoms with Gasteiger partial charge in [0, 0.05) is 18.8 Å². The number of ether oxygens (including phenoxy) is 1. The lowest BCUT2D eigenvalue weighted by atomic mass is 9.68. The Hall–Kier alpha value is -1.75. The van der Waals surface area contributed by atoms with E-state index in [1.807, 2.05) is 47.0 Å². The van der Waals surface area contributed by atoms with E-state index in [1.165, 1.54) is 0 Å². The highest BCUT2D eigenvalue weighted by atomic mass is 16.5. The number of hydrogen-bond donors (Lipinski definition) is 6. The van der Waals surface area contributed by atoms with Gasteiger partial charge >= 0.3 is 0 Å². The van der Waals surface area contributed by atoms with Crippen LogP contribution in [0.5, 0.6) is 0 Å². The van der Waals surface area contributed by atoms with Gasteiger partial charge in [-0.25, -0.2) is 5.84 Å². The van der Waals surface area contributed by atoms with Crippen LogP contribution in [-0.4, -0.2) is 52.4 Å². The molecule has 7 N–H and O–H groups in total. The summed E-state index contributed by atoms with van der Waals surface area (Å²) in [6.45, 7) is 11.1. The first kappa shape index (κ1) is 26.3. The molecule has 1 fully saturated rings. The van der Waals surface area contributed by atoms with Crippen LogP contribution in [-0.2, 0) is 19.1 Å². The van der Waals surface area contributed by atoms with Crippen molar-refractivity contribution in [2.24, 2.45) is 22.6 Å². The quantitative estimate of drug-likeness (QED) is 0.148. The van der Waals surface area contributed by atoms with E-state index in [0.29, 0.717) is 12.8 Å². The highest BCUT2D eigenvalue weighted by Crippen LogP contribution is 2.42. The predicted molar refractivity (Wildman–Crippen MR) is 110 cm³/mol. The summed E-state index contributed by atoms with van der Waals surface area (Å²) < 4.78 is 5.97. The number of hydrogen-bond acceptors (Lipinski definition) is 7. The van der Waals surface area contributed by atoms with Gasteiger partial charge in [0.1, 0.15) is 12.2 Å². The fourth-order valence-electron chi connectivity index (χ4n) is 3.71. The number of unbranched alkanes of at least 4 members (excludes halogenated alkanes) is 1. The van der Waals surface area contributed by atoms with E-state index in [0.717, 1.165) is 0 Å². The SMILES string of the molecule is CC(C)(C)[C@@H]1OC(C(=O)NNC(=O)CCCCC(=O)NN)[C@H](C(C)(C)C)[C@@H](O)C1O. The van der Waals surface area contributed by atoms with Gasteiger partial charge in [-0.1, -0.05) is 41.5 Å². The third-order valence-corrected chi connectivity index (χ3v) is 5.30. The molecule has 0 radical (unpaired) electrons. The lowest BCUT2D eigenvalue weighted by Crippen LogP contribution is -2.65. The first-order valence-electron chi connectivity index (χ1n) is 10.3. The Morgan fingerprint density at radius 2 is 1.40 bits per heavy atom. The maximum Gasteiger partial charge on any atom is 0.267 e. The Balaban J connectivity index is 2.75. The van der Waals surface area contributed by atoms with Gasteiger partial charge in [-0.15, -0.1) is 0 Å². The second kappa shape index (κ2) is 10.5. The highest BCUT2D eigenvalue weighted by Gasteiger charge is 2.54. The molecule has 1 aliphatic rings. The average molecular weight is 431 g/mol. The maximum absolute atomic E-state index is 12.8. The Kier molecular flexibility index (Phi) is 9.22. The molecule has 0 aliphatic carbocycles. The minimum atomic E-state index is -1.16. The molecule has 0 aromatic heterocycles. The van der Waals surface area contributed by atoms with Crippen LogP contribution in [0.15, 0.2) is 0 Å². The molecule has 10 heteroatoms. The normalized spacial score (nSPS) is 27.3. The van der Waals surface area contributed by atoms with Gasteiger partial charge in [-0.2, -0.15) is 0 Å². The third-order valence-electron chi connectivity index (χ3n) is 5.30. The lowest BCUT2D eigenvalue weighted by Gasteiger charge is -2.50. The fraction of sp³-hybridized carbons (Fsp3) is 0.850. The summed E-state index contributed by atoms with van der Waals surface area (Å²) in [6.07, 6.45) is -2.84. The molecule has 5 atom stereocenters. The standard InChI is InChI=1S/C20H38N4O6/c1-19(2,3)13-14(27)15(28)17(20(4,5)6)30-16(13)18(29)24-23-12(26)10-8-7-9-11(25)22-21/h13-17,27-28H,7-10,21H2,1-6H3,(H,22,25)(H,23,26)(H,24,29)/t13-,14-,15?,16?,17-/m1/s1. The molecule has 0 saturated carbocycles. The number of rotatable bonds is 6. The van der Waals surface area contributed by atoms with Crippen LogP contribution in [0.1, 0.15) is 67.2 Å². The fourth-order valence-corrected chi connectivity index (χ4v) is 3.71. The van der Waals surface area contributed by atoms with Crippen molar-refractivity contribution in [3.8, 4) is 0 Å². The molecule has 0 bridgehead atoms. The van der Waals surface area contributed by atoms with Gasteiger partial charge in [-0.05, 0) is 23.7 Å². The molecule has 1 saturated heterocycles. The van der Waals surface area contributed by atoms with E-state index in [2.05, 4.69) is 10.9 Å². The van der Waals surface area contributed by atoms with Crippen molar-refractivity contribution in [2.45, 2.75) is 91.6 Å². The van der Waals surface area contributed by atoms with Crippen molar-refractivity contribution < 1.29 is 29.3 Å². The van der Waals surface area contributed by atoms with Crippen molar-refractivity contribution in [1.29, 1.82) is 0 Å². The number of carbonyl (C=O) groups is 3. The van der Waals surface area contributed by atoms with Crippen LogP contribution in [0.3, 0.4) is 0 Å². The molecule has 10 nitrogen and oxygen atoms in total. The topological polar surface area (TPSA) is 163 Å². The van der Waals surface area contributed by atoms with E-state index < -0.39 is 53.0 Å². The second-order valence-electron chi connectivity index (χ2n) is 10.0. The van der Waals surface area contributed by atoms with E-state index in [1.54, 1.807) is 0 Å². The molecule has 1 rings (SSSR count). The summed E-state index contributed by atoms with van der Waals surface area (Å²) in [7, 11) is 0. The maximum atomic E-state index is 12.8. The minimum absolute atomic E-state index is 0.123. The molecule has 30 heavy (non-hydrogen) atoms. The predicted octanol–water partition coefficient (Wildman–Crippen LogP) is -0.118. The van der Waals surface area contributed by atoms with Crippen LogP contribution in [0, 0.1) is 16.7 Å². The zero-order chi connectivity index (χ0) is 23.3. The molecule has 174 valence electrons. The summed E-state index contributed by atoms with van der Waals surface area (Å²) in [6, 6.07) is 0. The summed E-state index contributed by atoms with van der Waals surface area (Å²) in [5.74, 6) is 3.00. The molecular formula is C20H38N4O6. The third kappa shape index (κ3) is 7.19. The summed E-state index contributed by atoms with van der Waals surface area (Å²) in [5.41, 5.74) is 5.67. The van der Waals surface area contributed by atoms with Crippen molar-refractivity contribution in [3.05, 3.63) is 0 Å². The summed E-state index contributed by atoms with van der Waals surface area (Å²) in [4.78, 5) is 35.9. The molecule has 3 amide bonds. The van der Waals surface area contributed by atoms with Gasteiger partial charge < -0.3 is 14.9 Å². The van der Waals surface area contributed by atoms with Crippen LogP contribution < -0.4 is 22.1 Å². The lowest BCUT2D eigenvalue weighted by molar-refractivity contribution is -0.240. The van der Waals surface area contributed by atoms with Crippen molar-refractivity contribution in [1.82, 2.24) is 16.3 Å². The Morgan fingerprint density at radius 1 is 0.867 bits per heavy atom. The smallest absolute Gasteiger partial charge is 0.267 e. The molecule has 0 aromatic rings. The summed E-state index contributed by atoms with van der Waals surface area (Å²) in [5, 5.41) is 21.4. The Labute approximate surface area is 178 Å². The number of aliphatic hydroxyl groups is 2. The number of nitrogens with one attached hydrogen (secondary N) is 3. The molecular weight excluding hydrogens is 392 g/mol. The number of hydrazine groups is 2. The van der Waals surface area contributed by atoms with Gasteiger partial charge in [0.05, 0.1) is 12.2 Å². The van der Waals surface area contributed by atoms with Crippen LogP contribution >= 0.6 is 0 Å². The van der Waals surface area contributed by atoms with Gasteiger partial charge in [0.2, 0.25) is 11.8 Å². The highest BCUT2D eigenvalue weighted by molar-refractivity contribution is 5.85. The first-order valence-corrected chi connectivity index (χ1v) is 10.3. The number of carbonyl (C=O) groups excluding carboxylic acids is 3. The van der Waals surface area contributed by atoms with Crippen LogP contribution in [0.2, 0.25) is 0 Å².